The van der Waals surface area contributed by atoms with Crippen LogP contribution in [0.3, 0.4) is 0 Å². The first-order chi connectivity index (χ1) is 22.8. The van der Waals surface area contributed by atoms with Gasteiger partial charge >= 0.3 is 0 Å². The lowest BCUT2D eigenvalue weighted by Crippen LogP contribution is -2.09. The fourth-order valence-corrected chi connectivity index (χ4v) is 7.74. The maximum Gasteiger partial charge on any atom is 0.0468 e. The summed E-state index contributed by atoms with van der Waals surface area (Å²) in [4.78, 5) is 2.37. The van der Waals surface area contributed by atoms with Gasteiger partial charge in [0.05, 0.1) is 0 Å². The number of hydrogen-bond acceptors (Lipinski definition) is 2. The highest BCUT2D eigenvalue weighted by Crippen LogP contribution is 2.41. The Bertz CT molecular complexity index is 2530. The summed E-state index contributed by atoms with van der Waals surface area (Å²) >= 11 is 1.86. The molecule has 46 heavy (non-hydrogen) atoms. The van der Waals surface area contributed by atoms with Gasteiger partial charge in [-0.2, -0.15) is 0 Å². The van der Waals surface area contributed by atoms with Gasteiger partial charge in [-0.05, 0) is 104 Å². The quantitative estimate of drug-likeness (QED) is 0.189. The summed E-state index contributed by atoms with van der Waals surface area (Å²) in [5.41, 5.74) is 8.33. The van der Waals surface area contributed by atoms with E-state index in [1.54, 1.807) is 0 Å². The molecule has 1 nitrogen and oxygen atoms in total. The smallest absolute Gasteiger partial charge is 0.0468 e. The fourth-order valence-electron chi connectivity index (χ4n) is 6.65. The van der Waals surface area contributed by atoms with E-state index in [1.165, 1.54) is 64.0 Å². The van der Waals surface area contributed by atoms with Gasteiger partial charge in [0.1, 0.15) is 0 Å². The van der Waals surface area contributed by atoms with Crippen LogP contribution in [0, 0.1) is 0 Å². The standard InChI is InChI=1S/C44H29NS/c1-2-10-38(11-3-1)45(40-24-25-44-42(29-40)41-12-6-7-13-43(41)46-44)39-23-22-33-19-21-36(27-37(33)28-39)32-16-14-31(15-17-32)35-20-18-30-8-4-5-9-34(30)26-35/h1-29H. The van der Waals surface area contributed by atoms with Crippen molar-refractivity contribution in [3.8, 4) is 22.3 Å². The number of hydrogen-bond donors (Lipinski definition) is 0. The summed E-state index contributed by atoms with van der Waals surface area (Å²) in [7, 11) is 0. The van der Waals surface area contributed by atoms with E-state index in [4.69, 9.17) is 0 Å². The van der Waals surface area contributed by atoms with Crippen LogP contribution in [0.2, 0.25) is 0 Å². The van der Waals surface area contributed by atoms with E-state index in [0.29, 0.717) is 0 Å². The molecule has 0 aliphatic heterocycles. The van der Waals surface area contributed by atoms with Gasteiger partial charge in [-0.1, -0.05) is 115 Å². The lowest BCUT2D eigenvalue weighted by molar-refractivity contribution is 1.30. The van der Waals surface area contributed by atoms with Crippen molar-refractivity contribution in [2.24, 2.45) is 0 Å². The predicted octanol–water partition coefficient (Wildman–Crippen LogP) is 13.2. The average Bonchev–Trinajstić information content (AvgIpc) is 3.50. The van der Waals surface area contributed by atoms with Crippen LogP contribution in [0.1, 0.15) is 0 Å². The van der Waals surface area contributed by atoms with Gasteiger partial charge in [0, 0.05) is 37.2 Å². The van der Waals surface area contributed by atoms with Crippen molar-refractivity contribution < 1.29 is 0 Å². The molecule has 9 aromatic rings. The highest BCUT2D eigenvalue weighted by molar-refractivity contribution is 7.25. The maximum atomic E-state index is 2.37. The molecule has 0 fully saturated rings. The number of nitrogens with zero attached hydrogens (tertiary/aromatic N) is 1. The van der Waals surface area contributed by atoms with E-state index < -0.39 is 0 Å². The number of anilines is 3. The van der Waals surface area contributed by atoms with Crippen molar-refractivity contribution in [3.05, 3.63) is 176 Å². The zero-order chi connectivity index (χ0) is 30.5. The summed E-state index contributed by atoms with van der Waals surface area (Å²) in [5, 5.41) is 7.60. The number of thiophene rings is 1. The van der Waals surface area contributed by atoms with E-state index in [9.17, 15) is 0 Å². The third-order valence-electron chi connectivity index (χ3n) is 9.02. The number of benzene rings is 8. The Balaban J connectivity index is 1.11. The second kappa shape index (κ2) is 11.0. The third-order valence-corrected chi connectivity index (χ3v) is 10.2. The van der Waals surface area contributed by atoms with Gasteiger partial charge in [0.15, 0.2) is 0 Å². The summed E-state index contributed by atoms with van der Waals surface area (Å²) in [6.07, 6.45) is 0. The number of rotatable bonds is 5. The van der Waals surface area contributed by atoms with Crippen LogP contribution in [0.5, 0.6) is 0 Å². The Labute approximate surface area is 272 Å². The van der Waals surface area contributed by atoms with Gasteiger partial charge in [-0.3, -0.25) is 0 Å². The molecule has 0 bridgehead atoms. The molecule has 0 unspecified atom stereocenters. The first kappa shape index (κ1) is 26.7. The molecule has 0 N–H and O–H groups in total. The minimum Gasteiger partial charge on any atom is -0.310 e. The lowest BCUT2D eigenvalue weighted by Gasteiger charge is -2.26. The van der Waals surface area contributed by atoms with Crippen LogP contribution in [0.15, 0.2) is 176 Å². The summed E-state index contributed by atoms with van der Waals surface area (Å²) in [6.45, 7) is 0. The van der Waals surface area contributed by atoms with Crippen molar-refractivity contribution in [3.63, 3.8) is 0 Å². The molecular weight excluding hydrogens is 575 g/mol. The van der Waals surface area contributed by atoms with E-state index in [-0.39, 0.29) is 0 Å². The van der Waals surface area contributed by atoms with Gasteiger partial charge in [-0.15, -0.1) is 11.3 Å². The van der Waals surface area contributed by atoms with E-state index in [0.717, 1.165) is 17.1 Å². The normalized spacial score (nSPS) is 11.5. The molecule has 8 aromatic carbocycles. The highest BCUT2D eigenvalue weighted by atomic mass is 32.1. The van der Waals surface area contributed by atoms with Crippen molar-refractivity contribution in [1.29, 1.82) is 0 Å². The molecule has 9 rings (SSSR count). The van der Waals surface area contributed by atoms with Crippen molar-refractivity contribution in [1.82, 2.24) is 0 Å². The SMILES string of the molecule is c1ccc(N(c2ccc3ccc(-c4ccc(-c5ccc6ccccc6c5)cc4)cc3c2)c2ccc3sc4ccccc4c3c2)cc1. The topological polar surface area (TPSA) is 3.24 Å². The van der Waals surface area contributed by atoms with Gasteiger partial charge in [0.2, 0.25) is 0 Å². The summed E-state index contributed by atoms with van der Waals surface area (Å²) in [6, 6.07) is 64.0. The Kier molecular flexibility index (Phi) is 6.40. The van der Waals surface area contributed by atoms with Crippen LogP contribution >= 0.6 is 11.3 Å². The monoisotopic (exact) mass is 603 g/mol. The molecule has 216 valence electrons. The van der Waals surface area contributed by atoms with Gasteiger partial charge in [0.25, 0.3) is 0 Å². The van der Waals surface area contributed by atoms with Crippen LogP contribution in [0.4, 0.5) is 17.1 Å². The third kappa shape index (κ3) is 4.72. The van der Waals surface area contributed by atoms with E-state index >= 15 is 0 Å². The first-order valence-electron chi connectivity index (χ1n) is 15.7. The molecule has 0 amide bonds. The Morgan fingerprint density at radius 1 is 0.304 bits per heavy atom. The van der Waals surface area contributed by atoms with Crippen molar-refractivity contribution in [2.45, 2.75) is 0 Å². The predicted molar refractivity (Wildman–Crippen MR) is 200 cm³/mol. The van der Waals surface area contributed by atoms with Crippen molar-refractivity contribution in [2.75, 3.05) is 4.90 Å². The molecule has 1 heterocycles. The minimum atomic E-state index is 1.14. The number of fused-ring (bicyclic) bond motifs is 5. The van der Waals surface area contributed by atoms with Crippen LogP contribution in [0.25, 0.3) is 64.0 Å². The van der Waals surface area contributed by atoms with Crippen LogP contribution < -0.4 is 4.90 Å². The molecule has 0 saturated heterocycles. The molecule has 2 heteroatoms. The highest BCUT2D eigenvalue weighted by Gasteiger charge is 2.15. The minimum absolute atomic E-state index is 1.14. The molecule has 0 aliphatic carbocycles. The second-order valence-electron chi connectivity index (χ2n) is 11.8. The van der Waals surface area contributed by atoms with Crippen LogP contribution in [-0.4, -0.2) is 0 Å². The molecule has 0 radical (unpaired) electrons. The second-order valence-corrected chi connectivity index (χ2v) is 12.9. The Hall–Kier alpha value is -5.70. The largest absolute Gasteiger partial charge is 0.310 e. The van der Waals surface area contributed by atoms with Gasteiger partial charge < -0.3 is 4.90 Å². The Morgan fingerprint density at radius 3 is 1.63 bits per heavy atom. The number of para-hydroxylation sites is 1. The molecular formula is C44H29NS. The van der Waals surface area contributed by atoms with Crippen molar-refractivity contribution >= 4 is 70.1 Å². The molecule has 0 atom stereocenters. The Morgan fingerprint density at radius 2 is 0.848 bits per heavy atom. The lowest BCUT2D eigenvalue weighted by atomic mass is 9.97. The summed E-state index contributed by atoms with van der Waals surface area (Å²) < 4.78 is 2.64. The molecule has 0 aliphatic rings. The van der Waals surface area contributed by atoms with E-state index in [2.05, 4.69) is 181 Å². The molecule has 0 spiro atoms. The zero-order valence-corrected chi connectivity index (χ0v) is 25.9. The summed E-state index contributed by atoms with van der Waals surface area (Å²) in [5.74, 6) is 0. The maximum absolute atomic E-state index is 2.37. The molecule has 1 aromatic heterocycles. The van der Waals surface area contributed by atoms with Crippen LogP contribution in [-0.2, 0) is 0 Å². The fraction of sp³-hybridized carbons (Fsp3) is 0. The van der Waals surface area contributed by atoms with Gasteiger partial charge in [-0.25, -0.2) is 0 Å². The molecule has 0 saturated carbocycles. The first-order valence-corrected chi connectivity index (χ1v) is 16.5. The zero-order valence-electron chi connectivity index (χ0n) is 25.1. The average molecular weight is 604 g/mol. The van der Waals surface area contributed by atoms with E-state index in [1.807, 2.05) is 11.3 Å².